The highest BCUT2D eigenvalue weighted by molar-refractivity contribution is 7.97. The fourth-order valence-corrected chi connectivity index (χ4v) is 4.03. The molecule has 3 rings (SSSR count). The lowest BCUT2D eigenvalue weighted by Gasteiger charge is -2.07. The summed E-state index contributed by atoms with van der Waals surface area (Å²) in [6.07, 6.45) is 6.17. The molecule has 0 aromatic carbocycles. The molecule has 3 heterocycles. The van der Waals surface area contributed by atoms with Gasteiger partial charge in [0, 0.05) is 36.3 Å². The number of pyridine rings is 1. The van der Waals surface area contributed by atoms with E-state index in [-0.39, 0.29) is 11.9 Å². The highest BCUT2D eigenvalue weighted by atomic mass is 32.2. The monoisotopic (exact) mass is 375 g/mol. The lowest BCUT2D eigenvalue weighted by molar-refractivity contribution is 0.0954. The molecule has 132 valence electrons. The number of hydrogen-bond acceptors (Lipinski definition) is 6. The molecule has 0 aliphatic carbocycles. The van der Waals surface area contributed by atoms with Crippen molar-refractivity contribution < 1.29 is 4.79 Å². The predicted octanol–water partition coefficient (Wildman–Crippen LogP) is 3.30. The first-order chi connectivity index (χ1) is 12.1. The molecule has 0 saturated carbocycles. The van der Waals surface area contributed by atoms with Crippen molar-refractivity contribution in [3.05, 3.63) is 40.2 Å². The van der Waals surface area contributed by atoms with Crippen LogP contribution in [0.1, 0.15) is 40.9 Å². The number of rotatable bonds is 7. The van der Waals surface area contributed by atoms with E-state index in [9.17, 15) is 4.79 Å². The molecular formula is C17H21N5OS2. The first kappa shape index (κ1) is 17.9. The molecular weight excluding hydrogens is 354 g/mol. The minimum atomic E-state index is -0.131. The molecule has 0 saturated heterocycles. The second kappa shape index (κ2) is 7.97. The van der Waals surface area contributed by atoms with Gasteiger partial charge in [-0.3, -0.25) is 4.79 Å². The summed E-state index contributed by atoms with van der Waals surface area (Å²) in [5.74, 6) is 0.805. The van der Waals surface area contributed by atoms with Gasteiger partial charge in [-0.15, -0.1) is 11.3 Å². The van der Waals surface area contributed by atoms with E-state index in [1.54, 1.807) is 41.7 Å². The third kappa shape index (κ3) is 4.19. The molecule has 0 aliphatic rings. The molecule has 1 amide bonds. The number of thioether (sulfide) groups is 1. The molecule has 0 spiro atoms. The lowest BCUT2D eigenvalue weighted by Crippen LogP contribution is -2.25. The highest BCUT2D eigenvalue weighted by Crippen LogP contribution is 2.17. The van der Waals surface area contributed by atoms with Crippen LogP contribution in [0.3, 0.4) is 0 Å². The number of nitrogens with one attached hydrogen (secondary N) is 1. The normalized spacial score (nSPS) is 11.4. The number of carbonyl (C=O) groups excluding carboxylic acids is 1. The highest BCUT2D eigenvalue weighted by Gasteiger charge is 2.12. The molecule has 6 nitrogen and oxygen atoms in total. The average molecular weight is 376 g/mol. The summed E-state index contributed by atoms with van der Waals surface area (Å²) in [5, 5.41) is 6.12. The van der Waals surface area contributed by atoms with Gasteiger partial charge in [0.15, 0.2) is 5.65 Å². The summed E-state index contributed by atoms with van der Waals surface area (Å²) >= 11 is 3.43. The van der Waals surface area contributed by atoms with Crippen molar-refractivity contribution in [1.82, 2.24) is 24.8 Å². The summed E-state index contributed by atoms with van der Waals surface area (Å²) in [5.41, 5.74) is 3.10. The summed E-state index contributed by atoms with van der Waals surface area (Å²) in [4.78, 5) is 25.6. The molecule has 0 fully saturated rings. The van der Waals surface area contributed by atoms with E-state index in [0.717, 1.165) is 34.0 Å². The molecule has 1 N–H and O–H groups in total. The number of carbonyl (C=O) groups is 1. The van der Waals surface area contributed by atoms with Gasteiger partial charge >= 0.3 is 0 Å². The van der Waals surface area contributed by atoms with Crippen molar-refractivity contribution in [2.45, 2.75) is 32.1 Å². The van der Waals surface area contributed by atoms with Gasteiger partial charge in [-0.2, -0.15) is 11.8 Å². The fourth-order valence-electron chi connectivity index (χ4n) is 2.48. The lowest BCUT2D eigenvalue weighted by atomic mass is 10.2. The smallest absolute Gasteiger partial charge is 0.252 e. The van der Waals surface area contributed by atoms with Crippen molar-refractivity contribution in [2.75, 3.05) is 12.8 Å². The number of imidazole rings is 1. The maximum absolute atomic E-state index is 12.3. The Hall–Kier alpha value is -1.93. The van der Waals surface area contributed by atoms with Gasteiger partial charge in [0.25, 0.3) is 5.91 Å². The minimum absolute atomic E-state index is 0.131. The van der Waals surface area contributed by atoms with E-state index in [1.807, 2.05) is 4.57 Å². The topological polar surface area (TPSA) is 72.7 Å². The Kier molecular flexibility index (Phi) is 5.70. The Bertz CT molecular complexity index is 871. The number of hydrogen-bond donors (Lipinski definition) is 1. The Morgan fingerprint density at radius 2 is 2.24 bits per heavy atom. The molecule has 0 radical (unpaired) electrons. The molecule has 3 aromatic rings. The van der Waals surface area contributed by atoms with Crippen LogP contribution in [0.4, 0.5) is 0 Å². The van der Waals surface area contributed by atoms with Crippen LogP contribution in [0.15, 0.2) is 24.0 Å². The fraction of sp³-hybridized carbons (Fsp3) is 0.412. The van der Waals surface area contributed by atoms with Crippen molar-refractivity contribution in [1.29, 1.82) is 0 Å². The number of amides is 1. The van der Waals surface area contributed by atoms with E-state index >= 15 is 0 Å². The summed E-state index contributed by atoms with van der Waals surface area (Å²) in [7, 11) is 0. The second-order valence-corrected chi connectivity index (χ2v) is 7.79. The van der Waals surface area contributed by atoms with E-state index in [1.165, 1.54) is 0 Å². The van der Waals surface area contributed by atoms with Gasteiger partial charge < -0.3 is 9.88 Å². The first-order valence-corrected chi connectivity index (χ1v) is 10.4. The molecule has 0 bridgehead atoms. The van der Waals surface area contributed by atoms with Crippen molar-refractivity contribution in [3.63, 3.8) is 0 Å². The second-order valence-electron chi connectivity index (χ2n) is 5.98. The zero-order valence-corrected chi connectivity index (χ0v) is 16.2. The maximum Gasteiger partial charge on any atom is 0.252 e. The van der Waals surface area contributed by atoms with Gasteiger partial charge in [0.1, 0.15) is 10.5 Å². The first-order valence-electron chi connectivity index (χ1n) is 8.11. The standard InChI is InChI=1S/C17H21N5OS2/c1-11(2)22-10-20-14-6-12(7-19-16(14)22)17(23)18-5-4-13-8-25-15(21-13)9-24-3/h6-8,10-11H,4-5,9H2,1-3H3,(H,18,23). The Morgan fingerprint density at radius 3 is 3.00 bits per heavy atom. The molecule has 0 unspecified atom stereocenters. The van der Waals surface area contributed by atoms with Gasteiger partial charge in [-0.1, -0.05) is 0 Å². The summed E-state index contributed by atoms with van der Waals surface area (Å²) < 4.78 is 1.99. The van der Waals surface area contributed by atoms with E-state index < -0.39 is 0 Å². The van der Waals surface area contributed by atoms with E-state index in [2.05, 4.69) is 45.8 Å². The van der Waals surface area contributed by atoms with Crippen LogP contribution in [0.25, 0.3) is 11.2 Å². The Balaban J connectivity index is 1.60. The predicted molar refractivity (Wildman–Crippen MR) is 103 cm³/mol. The maximum atomic E-state index is 12.3. The van der Waals surface area contributed by atoms with Crippen LogP contribution in [0, 0.1) is 0 Å². The number of aromatic nitrogens is 4. The largest absolute Gasteiger partial charge is 0.352 e. The number of thiazole rings is 1. The van der Waals surface area contributed by atoms with Crippen LogP contribution in [-0.2, 0) is 12.2 Å². The van der Waals surface area contributed by atoms with Gasteiger partial charge in [-0.05, 0) is 26.2 Å². The van der Waals surface area contributed by atoms with Crippen molar-refractivity contribution in [3.8, 4) is 0 Å². The van der Waals surface area contributed by atoms with Crippen LogP contribution in [-0.4, -0.2) is 38.2 Å². The van der Waals surface area contributed by atoms with Crippen LogP contribution in [0.2, 0.25) is 0 Å². The zero-order chi connectivity index (χ0) is 17.8. The third-order valence-electron chi connectivity index (χ3n) is 3.77. The molecule has 8 heteroatoms. The third-order valence-corrected chi connectivity index (χ3v) is 5.41. The van der Waals surface area contributed by atoms with E-state index in [0.29, 0.717) is 12.1 Å². The minimum Gasteiger partial charge on any atom is -0.352 e. The number of nitrogens with zero attached hydrogens (tertiary/aromatic N) is 4. The van der Waals surface area contributed by atoms with Gasteiger partial charge in [0.05, 0.1) is 17.6 Å². The molecule has 3 aromatic heterocycles. The molecule has 0 atom stereocenters. The SMILES string of the molecule is CSCc1nc(CCNC(=O)c2cnc3c(c2)ncn3C(C)C)cs1. The van der Waals surface area contributed by atoms with Crippen LogP contribution in [0.5, 0.6) is 0 Å². The van der Waals surface area contributed by atoms with E-state index in [4.69, 9.17) is 0 Å². The van der Waals surface area contributed by atoms with Crippen molar-refractivity contribution >= 4 is 40.2 Å². The van der Waals surface area contributed by atoms with Crippen LogP contribution >= 0.6 is 23.1 Å². The average Bonchev–Trinajstić information content (AvgIpc) is 3.21. The molecule has 25 heavy (non-hydrogen) atoms. The summed E-state index contributed by atoms with van der Waals surface area (Å²) in [6, 6.07) is 2.07. The summed E-state index contributed by atoms with van der Waals surface area (Å²) in [6.45, 7) is 4.71. The van der Waals surface area contributed by atoms with Gasteiger partial charge in [-0.25, -0.2) is 15.0 Å². The molecule has 0 aliphatic heterocycles. The van der Waals surface area contributed by atoms with Crippen molar-refractivity contribution in [2.24, 2.45) is 0 Å². The Morgan fingerprint density at radius 1 is 1.40 bits per heavy atom. The number of fused-ring (bicyclic) bond motifs is 1. The van der Waals surface area contributed by atoms with Crippen LogP contribution < -0.4 is 5.32 Å². The quantitative estimate of drug-likeness (QED) is 0.686. The zero-order valence-electron chi connectivity index (χ0n) is 14.5. The van der Waals surface area contributed by atoms with Gasteiger partial charge in [0.2, 0.25) is 0 Å². The Labute approximate surface area is 155 Å².